The molecular formula is C15H14N2O3. The van der Waals surface area contributed by atoms with Crippen LogP contribution in [-0.4, -0.2) is 19.0 Å². The highest BCUT2D eigenvalue weighted by atomic mass is 16.6. The summed E-state index contributed by atoms with van der Waals surface area (Å²) in [6, 6.07) is 15.4. The standard InChI is InChI=1S/C15H14N2O3/c1-16-14(18)12-9-5-6-10-13(12)17-15(19)20-11-7-3-2-4-8-11/h2-10H,1H3,(H,16,18)(H,17,19). The second-order valence-corrected chi connectivity index (χ2v) is 3.95. The topological polar surface area (TPSA) is 67.4 Å². The molecule has 102 valence electrons. The van der Waals surface area contributed by atoms with Gasteiger partial charge in [-0.1, -0.05) is 30.3 Å². The van der Waals surface area contributed by atoms with E-state index in [-0.39, 0.29) is 5.91 Å². The van der Waals surface area contributed by atoms with Crippen LogP contribution in [0.1, 0.15) is 10.4 Å². The van der Waals surface area contributed by atoms with E-state index in [0.29, 0.717) is 17.0 Å². The molecule has 2 aromatic carbocycles. The Hall–Kier alpha value is -2.82. The molecule has 0 fully saturated rings. The van der Waals surface area contributed by atoms with Crippen LogP contribution in [0.3, 0.4) is 0 Å². The number of ether oxygens (including phenoxy) is 1. The first-order valence-corrected chi connectivity index (χ1v) is 6.05. The lowest BCUT2D eigenvalue weighted by molar-refractivity contribution is 0.0964. The number of para-hydroxylation sites is 2. The zero-order chi connectivity index (χ0) is 14.4. The number of nitrogens with one attached hydrogen (secondary N) is 2. The highest BCUT2D eigenvalue weighted by Gasteiger charge is 2.12. The highest BCUT2D eigenvalue weighted by molar-refractivity contribution is 6.02. The predicted octanol–water partition coefficient (Wildman–Crippen LogP) is 2.66. The Morgan fingerprint density at radius 1 is 0.950 bits per heavy atom. The first-order valence-electron chi connectivity index (χ1n) is 6.05. The zero-order valence-electron chi connectivity index (χ0n) is 10.9. The van der Waals surface area contributed by atoms with Crippen molar-refractivity contribution in [1.82, 2.24) is 5.32 Å². The average Bonchev–Trinajstić information content (AvgIpc) is 2.48. The maximum Gasteiger partial charge on any atom is 0.417 e. The molecule has 0 aliphatic heterocycles. The molecule has 20 heavy (non-hydrogen) atoms. The summed E-state index contributed by atoms with van der Waals surface area (Å²) in [5.41, 5.74) is 0.771. The predicted molar refractivity (Wildman–Crippen MR) is 75.9 cm³/mol. The summed E-state index contributed by atoms with van der Waals surface area (Å²) in [6.45, 7) is 0. The number of amides is 2. The molecule has 0 aliphatic rings. The third-order valence-corrected chi connectivity index (χ3v) is 2.59. The Labute approximate surface area is 116 Å². The van der Waals surface area contributed by atoms with E-state index in [9.17, 15) is 9.59 Å². The first kappa shape index (κ1) is 13.6. The largest absolute Gasteiger partial charge is 0.417 e. The van der Waals surface area contributed by atoms with Crippen molar-refractivity contribution < 1.29 is 14.3 Å². The number of carbonyl (C=O) groups is 2. The minimum absolute atomic E-state index is 0.277. The van der Waals surface area contributed by atoms with E-state index in [1.165, 1.54) is 7.05 Å². The fourth-order valence-electron chi connectivity index (χ4n) is 1.66. The molecule has 2 N–H and O–H groups in total. The van der Waals surface area contributed by atoms with Gasteiger partial charge in [0, 0.05) is 7.05 Å². The van der Waals surface area contributed by atoms with Crippen molar-refractivity contribution in [2.45, 2.75) is 0 Å². The van der Waals surface area contributed by atoms with Crippen LogP contribution in [0.4, 0.5) is 10.5 Å². The average molecular weight is 270 g/mol. The van der Waals surface area contributed by atoms with Crippen molar-refractivity contribution >= 4 is 17.7 Å². The lowest BCUT2D eigenvalue weighted by atomic mass is 10.1. The van der Waals surface area contributed by atoms with Crippen LogP contribution in [0.5, 0.6) is 5.75 Å². The Kier molecular flexibility index (Phi) is 4.34. The van der Waals surface area contributed by atoms with Gasteiger partial charge < -0.3 is 10.1 Å². The van der Waals surface area contributed by atoms with Crippen LogP contribution >= 0.6 is 0 Å². The maximum atomic E-state index is 11.8. The molecule has 0 atom stereocenters. The Balaban J connectivity index is 2.10. The molecule has 0 heterocycles. The van der Waals surface area contributed by atoms with Gasteiger partial charge in [-0.25, -0.2) is 4.79 Å². The number of anilines is 1. The molecule has 0 bridgehead atoms. The third-order valence-electron chi connectivity index (χ3n) is 2.59. The van der Waals surface area contributed by atoms with Crippen molar-refractivity contribution in [3.8, 4) is 5.75 Å². The number of hydrogen-bond donors (Lipinski definition) is 2. The van der Waals surface area contributed by atoms with Gasteiger partial charge in [-0.05, 0) is 24.3 Å². The molecule has 2 rings (SSSR count). The van der Waals surface area contributed by atoms with E-state index in [1.807, 2.05) is 6.07 Å². The fourth-order valence-corrected chi connectivity index (χ4v) is 1.66. The van der Waals surface area contributed by atoms with Crippen molar-refractivity contribution in [3.63, 3.8) is 0 Å². The van der Waals surface area contributed by atoms with Crippen LogP contribution in [0.25, 0.3) is 0 Å². The molecule has 0 saturated carbocycles. The second kappa shape index (κ2) is 6.38. The molecule has 0 radical (unpaired) electrons. The van der Waals surface area contributed by atoms with Gasteiger partial charge in [0.25, 0.3) is 5.91 Å². The Bertz CT molecular complexity index is 612. The van der Waals surface area contributed by atoms with Gasteiger partial charge in [-0.15, -0.1) is 0 Å². The van der Waals surface area contributed by atoms with Gasteiger partial charge in [0.2, 0.25) is 0 Å². The fraction of sp³-hybridized carbons (Fsp3) is 0.0667. The van der Waals surface area contributed by atoms with Crippen molar-refractivity contribution in [2.75, 3.05) is 12.4 Å². The molecule has 5 nitrogen and oxygen atoms in total. The van der Waals surface area contributed by atoms with Crippen LogP contribution in [0.15, 0.2) is 54.6 Å². The minimum atomic E-state index is -0.646. The van der Waals surface area contributed by atoms with E-state index < -0.39 is 6.09 Å². The minimum Gasteiger partial charge on any atom is -0.410 e. The molecule has 0 aliphatic carbocycles. The molecule has 0 aromatic heterocycles. The highest BCUT2D eigenvalue weighted by Crippen LogP contribution is 2.16. The second-order valence-electron chi connectivity index (χ2n) is 3.95. The normalized spacial score (nSPS) is 9.65. The van der Waals surface area contributed by atoms with Gasteiger partial charge in [0.15, 0.2) is 0 Å². The molecule has 5 heteroatoms. The number of carbonyl (C=O) groups excluding carboxylic acids is 2. The summed E-state index contributed by atoms with van der Waals surface area (Å²) < 4.78 is 5.10. The van der Waals surface area contributed by atoms with Gasteiger partial charge in [0.1, 0.15) is 5.75 Å². The smallest absolute Gasteiger partial charge is 0.410 e. The monoisotopic (exact) mass is 270 g/mol. The van der Waals surface area contributed by atoms with Crippen LogP contribution < -0.4 is 15.4 Å². The van der Waals surface area contributed by atoms with Gasteiger partial charge in [0.05, 0.1) is 11.3 Å². The van der Waals surface area contributed by atoms with Gasteiger partial charge >= 0.3 is 6.09 Å². The number of benzene rings is 2. The van der Waals surface area contributed by atoms with Crippen molar-refractivity contribution in [2.24, 2.45) is 0 Å². The molecular weight excluding hydrogens is 256 g/mol. The van der Waals surface area contributed by atoms with E-state index in [4.69, 9.17) is 4.74 Å². The SMILES string of the molecule is CNC(=O)c1ccccc1NC(=O)Oc1ccccc1. The molecule has 2 amide bonds. The first-order chi connectivity index (χ1) is 9.70. The third kappa shape index (κ3) is 3.35. The van der Waals surface area contributed by atoms with Crippen molar-refractivity contribution in [1.29, 1.82) is 0 Å². The van der Waals surface area contributed by atoms with Gasteiger partial charge in [-0.2, -0.15) is 0 Å². The van der Waals surface area contributed by atoms with Gasteiger partial charge in [-0.3, -0.25) is 10.1 Å². The summed E-state index contributed by atoms with van der Waals surface area (Å²) in [5.74, 6) is 0.156. The van der Waals surface area contributed by atoms with E-state index in [1.54, 1.807) is 48.5 Å². The van der Waals surface area contributed by atoms with Crippen LogP contribution in [-0.2, 0) is 0 Å². The molecule has 0 unspecified atom stereocenters. The summed E-state index contributed by atoms with van der Waals surface area (Å²) >= 11 is 0. The quantitative estimate of drug-likeness (QED) is 0.901. The van der Waals surface area contributed by atoms with E-state index in [0.717, 1.165) is 0 Å². The molecule has 0 spiro atoms. The van der Waals surface area contributed by atoms with Crippen LogP contribution in [0, 0.1) is 0 Å². The van der Waals surface area contributed by atoms with E-state index in [2.05, 4.69) is 10.6 Å². The number of hydrogen-bond acceptors (Lipinski definition) is 3. The Morgan fingerprint density at radius 2 is 1.60 bits per heavy atom. The van der Waals surface area contributed by atoms with Crippen LogP contribution in [0.2, 0.25) is 0 Å². The summed E-state index contributed by atoms with van der Waals surface area (Å²) in [5, 5.41) is 5.07. The van der Waals surface area contributed by atoms with E-state index >= 15 is 0 Å². The summed E-state index contributed by atoms with van der Waals surface area (Å²) in [6.07, 6.45) is -0.646. The number of rotatable bonds is 3. The lowest BCUT2D eigenvalue weighted by Gasteiger charge is -2.10. The maximum absolute atomic E-state index is 11.8. The molecule has 0 saturated heterocycles. The van der Waals surface area contributed by atoms with Crippen molar-refractivity contribution in [3.05, 3.63) is 60.2 Å². The lowest BCUT2D eigenvalue weighted by Crippen LogP contribution is -2.22. The summed E-state index contributed by atoms with van der Waals surface area (Å²) in [7, 11) is 1.53. The molecule has 2 aromatic rings. The summed E-state index contributed by atoms with van der Waals surface area (Å²) in [4.78, 5) is 23.5. The Morgan fingerprint density at radius 3 is 2.30 bits per heavy atom. The zero-order valence-corrected chi connectivity index (χ0v) is 10.9.